The Labute approximate surface area is 74.5 Å². The molecule has 12 heavy (non-hydrogen) atoms. The highest BCUT2D eigenvalue weighted by molar-refractivity contribution is 7.07. The van der Waals surface area contributed by atoms with E-state index in [1.54, 1.807) is 11.3 Å². The number of nitrogens with zero attached hydrogens (tertiary/aromatic N) is 2. The van der Waals surface area contributed by atoms with Gasteiger partial charge in [0.2, 0.25) is 0 Å². The van der Waals surface area contributed by atoms with E-state index in [1.807, 2.05) is 22.9 Å². The number of hydrogen-bond acceptors (Lipinski definition) is 4. The largest absolute Gasteiger partial charge is 0.301 e. The van der Waals surface area contributed by atoms with Crippen LogP contribution in [0.5, 0.6) is 0 Å². The van der Waals surface area contributed by atoms with Crippen molar-refractivity contribution < 1.29 is 4.79 Å². The zero-order chi connectivity index (χ0) is 9.23. The van der Waals surface area contributed by atoms with Crippen molar-refractivity contribution in [2.45, 2.75) is 0 Å². The second-order valence-electron chi connectivity index (χ2n) is 1.67. The summed E-state index contributed by atoms with van der Waals surface area (Å²) in [6.07, 6.45) is 0.306. The van der Waals surface area contributed by atoms with Gasteiger partial charge in [-0.1, -0.05) is 12.1 Å². The Morgan fingerprint density at radius 3 is 1.83 bits per heavy atom. The highest BCUT2D eigenvalue weighted by Gasteiger charge is 1.97. The summed E-state index contributed by atoms with van der Waals surface area (Å²) in [5, 5.41) is 19.7. The Morgan fingerprint density at radius 2 is 1.75 bits per heavy atom. The molecule has 0 bridgehead atoms. The van der Waals surface area contributed by atoms with E-state index in [0.29, 0.717) is 6.29 Å². The van der Waals surface area contributed by atoms with E-state index in [0.717, 1.165) is 0 Å². The summed E-state index contributed by atoms with van der Waals surface area (Å²) in [5.74, 6) is -1.08. The third-order valence-electron chi connectivity index (χ3n) is 0.840. The van der Waals surface area contributed by atoms with Gasteiger partial charge in [-0.3, -0.25) is 0 Å². The predicted octanol–water partition coefficient (Wildman–Crippen LogP) is 1.60. The van der Waals surface area contributed by atoms with Crippen LogP contribution in [-0.4, -0.2) is 6.29 Å². The Hall–Kier alpha value is -1.65. The molecule has 0 spiro atoms. The molecule has 0 aromatic carbocycles. The van der Waals surface area contributed by atoms with Crippen LogP contribution >= 0.6 is 11.3 Å². The van der Waals surface area contributed by atoms with Gasteiger partial charge in [0.1, 0.15) is 0 Å². The quantitative estimate of drug-likeness (QED) is 0.613. The van der Waals surface area contributed by atoms with E-state index in [9.17, 15) is 4.79 Å². The lowest BCUT2D eigenvalue weighted by Gasteiger charge is -1.72. The average molecular weight is 178 g/mol. The number of carbonyl (C=O) groups is 1. The van der Waals surface area contributed by atoms with Crippen molar-refractivity contribution in [3.63, 3.8) is 0 Å². The van der Waals surface area contributed by atoms with Crippen molar-refractivity contribution in [1.82, 2.24) is 0 Å². The first-order chi connectivity index (χ1) is 5.85. The van der Waals surface area contributed by atoms with Gasteiger partial charge in [-0.05, 0) is 10.8 Å². The molecule has 0 unspecified atom stereocenters. The molecule has 4 heteroatoms. The fraction of sp³-hybridized carbons (Fsp3) is 0.125. The maximum absolute atomic E-state index is 9.52. The molecule has 0 aliphatic rings. The molecule has 1 aromatic rings. The first-order valence-corrected chi connectivity index (χ1v) is 4.01. The topological polar surface area (TPSA) is 64.7 Å². The molecule has 0 aliphatic heterocycles. The van der Waals surface area contributed by atoms with Crippen LogP contribution in [0.25, 0.3) is 0 Å². The second kappa shape index (κ2) is 7.46. The van der Waals surface area contributed by atoms with Gasteiger partial charge in [-0.25, -0.2) is 0 Å². The highest BCUT2D eigenvalue weighted by atomic mass is 32.1. The van der Waals surface area contributed by atoms with Gasteiger partial charge in [-0.2, -0.15) is 21.9 Å². The van der Waals surface area contributed by atoms with Crippen LogP contribution in [-0.2, 0) is 4.79 Å². The van der Waals surface area contributed by atoms with Crippen LogP contribution in [0.15, 0.2) is 22.9 Å². The van der Waals surface area contributed by atoms with Gasteiger partial charge in [0.25, 0.3) is 0 Å². The average Bonchev–Trinajstić information content (AvgIpc) is 2.64. The zero-order valence-corrected chi connectivity index (χ0v) is 6.99. The van der Waals surface area contributed by atoms with E-state index in [1.165, 1.54) is 12.1 Å². The standard InChI is InChI=1S/C4H2N2O.C4H4S/c5-1-4(2-6)3-7;1-2-4-5-3-1/h3-4H;1-4H. The van der Waals surface area contributed by atoms with E-state index in [4.69, 9.17) is 10.5 Å². The molecule has 0 saturated heterocycles. The van der Waals surface area contributed by atoms with Crippen LogP contribution in [0.1, 0.15) is 0 Å². The smallest absolute Gasteiger partial charge is 0.188 e. The Bertz CT molecular complexity index is 250. The minimum absolute atomic E-state index is 0.306. The van der Waals surface area contributed by atoms with Gasteiger partial charge < -0.3 is 4.79 Å². The van der Waals surface area contributed by atoms with Gasteiger partial charge >= 0.3 is 0 Å². The summed E-state index contributed by atoms with van der Waals surface area (Å²) in [7, 11) is 0. The maximum atomic E-state index is 9.52. The van der Waals surface area contributed by atoms with Crippen molar-refractivity contribution in [2.24, 2.45) is 5.92 Å². The van der Waals surface area contributed by atoms with Crippen LogP contribution in [0.2, 0.25) is 0 Å². The van der Waals surface area contributed by atoms with Crippen molar-refractivity contribution in [3.05, 3.63) is 22.9 Å². The number of hydrogen-bond donors (Lipinski definition) is 0. The van der Waals surface area contributed by atoms with E-state index >= 15 is 0 Å². The van der Waals surface area contributed by atoms with Crippen LogP contribution in [0, 0.1) is 28.6 Å². The zero-order valence-electron chi connectivity index (χ0n) is 6.18. The van der Waals surface area contributed by atoms with Crippen LogP contribution in [0.3, 0.4) is 0 Å². The van der Waals surface area contributed by atoms with E-state index < -0.39 is 5.92 Å². The van der Waals surface area contributed by atoms with Gasteiger partial charge in [0.05, 0.1) is 12.1 Å². The summed E-state index contributed by atoms with van der Waals surface area (Å²) in [6, 6.07) is 6.98. The maximum Gasteiger partial charge on any atom is 0.188 e. The number of thiophene rings is 1. The highest BCUT2D eigenvalue weighted by Crippen LogP contribution is 1.91. The molecule has 0 atom stereocenters. The van der Waals surface area contributed by atoms with Crippen LogP contribution < -0.4 is 0 Å². The lowest BCUT2D eigenvalue weighted by molar-refractivity contribution is -0.108. The molecule has 1 aromatic heterocycles. The summed E-state index contributed by atoms with van der Waals surface area (Å²) in [6.45, 7) is 0. The first-order valence-electron chi connectivity index (χ1n) is 3.07. The van der Waals surface area contributed by atoms with Gasteiger partial charge in [0, 0.05) is 0 Å². The first kappa shape index (κ1) is 10.3. The van der Waals surface area contributed by atoms with E-state index in [-0.39, 0.29) is 0 Å². The third kappa shape index (κ3) is 5.16. The van der Waals surface area contributed by atoms with E-state index in [2.05, 4.69) is 0 Å². The predicted molar refractivity (Wildman–Crippen MR) is 45.1 cm³/mol. The molecule has 0 N–H and O–H groups in total. The Balaban J connectivity index is 0.000000211. The number of carbonyl (C=O) groups excluding carboxylic acids is 1. The second-order valence-corrected chi connectivity index (χ2v) is 2.48. The van der Waals surface area contributed by atoms with Crippen molar-refractivity contribution in [2.75, 3.05) is 0 Å². The Kier molecular flexibility index (Phi) is 6.43. The van der Waals surface area contributed by atoms with Crippen molar-refractivity contribution in [3.8, 4) is 12.1 Å². The van der Waals surface area contributed by atoms with Gasteiger partial charge in [0.15, 0.2) is 12.2 Å². The molecule has 0 saturated carbocycles. The monoisotopic (exact) mass is 178 g/mol. The summed E-state index contributed by atoms with van der Waals surface area (Å²) >= 11 is 1.71. The lowest BCUT2D eigenvalue weighted by atomic mass is 10.2. The fourth-order valence-corrected chi connectivity index (χ4v) is 0.770. The molecule has 1 heterocycles. The Morgan fingerprint density at radius 1 is 1.25 bits per heavy atom. The SMILES string of the molecule is N#CC(C#N)C=O.c1ccsc1. The normalized spacial score (nSPS) is 7.25. The van der Waals surface area contributed by atoms with Crippen LogP contribution in [0.4, 0.5) is 0 Å². The van der Waals surface area contributed by atoms with Crippen molar-refractivity contribution in [1.29, 1.82) is 10.5 Å². The molecule has 0 amide bonds. The molecule has 60 valence electrons. The third-order valence-corrected chi connectivity index (χ3v) is 1.47. The minimum Gasteiger partial charge on any atom is -0.301 e. The van der Waals surface area contributed by atoms with Gasteiger partial charge in [-0.15, -0.1) is 0 Å². The summed E-state index contributed by atoms with van der Waals surface area (Å²) in [4.78, 5) is 9.52. The number of rotatable bonds is 1. The minimum atomic E-state index is -1.08. The molecule has 0 aliphatic carbocycles. The molecule has 0 radical (unpaired) electrons. The lowest BCUT2D eigenvalue weighted by Crippen LogP contribution is -1.90. The molecule has 0 fully saturated rings. The summed E-state index contributed by atoms with van der Waals surface area (Å²) < 4.78 is 0. The molecule has 3 nitrogen and oxygen atoms in total. The van der Waals surface area contributed by atoms with Crippen molar-refractivity contribution >= 4 is 17.6 Å². The molecular weight excluding hydrogens is 172 g/mol. The number of nitriles is 2. The summed E-state index contributed by atoms with van der Waals surface area (Å²) in [5.41, 5.74) is 0. The molecule has 1 rings (SSSR count). The number of aldehydes is 1. The fourth-order valence-electron chi connectivity index (χ4n) is 0.317. The molecular formula is C8H6N2OS.